The summed E-state index contributed by atoms with van der Waals surface area (Å²) in [6.45, 7) is -0.794. The number of nitrogens with two attached hydrogens (primary N) is 1. The zero-order valence-corrected chi connectivity index (χ0v) is 11.5. The molecule has 22 heavy (non-hydrogen) atoms. The number of hydrogen-bond acceptors (Lipinski definition) is 6. The van der Waals surface area contributed by atoms with Crippen LogP contribution in [0.1, 0.15) is 6.42 Å². The molecule has 7 N–H and O–H groups in total. The van der Waals surface area contributed by atoms with Crippen molar-refractivity contribution in [2.24, 2.45) is 23.5 Å². The van der Waals surface area contributed by atoms with Crippen molar-refractivity contribution in [3.63, 3.8) is 0 Å². The third-order valence-corrected chi connectivity index (χ3v) is 4.28. The summed E-state index contributed by atoms with van der Waals surface area (Å²) in [6.07, 6.45) is -1.38. The lowest BCUT2D eigenvalue weighted by Crippen LogP contribution is -2.58. The van der Waals surface area contributed by atoms with Gasteiger partial charge in [0.15, 0.2) is 0 Å². The van der Waals surface area contributed by atoms with Crippen LogP contribution in [0.5, 0.6) is 0 Å². The topological polar surface area (TPSA) is 179 Å². The summed E-state index contributed by atoms with van der Waals surface area (Å²) in [5, 5.41) is 32.8. The summed E-state index contributed by atoms with van der Waals surface area (Å²) < 4.78 is 0. The number of carbonyl (C=O) groups excluding carboxylic acids is 2. The van der Waals surface area contributed by atoms with E-state index in [-0.39, 0.29) is 13.0 Å². The molecule has 122 valence electrons. The molecular weight excluding hydrogens is 298 g/mol. The summed E-state index contributed by atoms with van der Waals surface area (Å²) in [5.74, 6) is -6.53. The number of nitrogens with one attached hydrogen (secondary N) is 2. The summed E-state index contributed by atoms with van der Waals surface area (Å²) in [6, 6.07) is 0. The van der Waals surface area contributed by atoms with E-state index in [1.807, 2.05) is 0 Å². The SMILES string of the molecule is NCC(=O)NCC(=O)N[C@@]1(C(=O)O)C[C@H](O)[C@H]2[C@H](C(=O)O)[C@H]21. The molecule has 2 fully saturated rings. The fourth-order valence-corrected chi connectivity index (χ4v) is 3.33. The smallest absolute Gasteiger partial charge is 0.329 e. The minimum absolute atomic E-state index is 0.266. The lowest BCUT2D eigenvalue weighted by atomic mass is 9.89. The molecule has 0 unspecified atom stereocenters. The third-order valence-electron chi connectivity index (χ3n) is 4.28. The van der Waals surface area contributed by atoms with Crippen molar-refractivity contribution in [2.45, 2.75) is 18.1 Å². The van der Waals surface area contributed by atoms with Gasteiger partial charge < -0.3 is 31.7 Å². The van der Waals surface area contributed by atoms with E-state index in [1.165, 1.54) is 0 Å². The average molecular weight is 315 g/mol. The molecule has 2 aliphatic carbocycles. The standard InChI is InChI=1S/C12H17N3O7/c13-2-5(17)14-3-6(18)15-12(11(21)22)1-4(16)7-8(9(7)12)10(19)20/h4,7-9,16H,1-3,13H2,(H,14,17)(H,15,18)(H,19,20)(H,21,22)/t4-,7-,8-,9-,12-/m0/s1. The summed E-state index contributed by atoms with van der Waals surface area (Å²) >= 11 is 0. The van der Waals surface area contributed by atoms with Gasteiger partial charge in [0.2, 0.25) is 11.8 Å². The number of amides is 2. The van der Waals surface area contributed by atoms with Gasteiger partial charge in [-0.15, -0.1) is 0 Å². The number of aliphatic hydroxyl groups excluding tert-OH is 1. The van der Waals surface area contributed by atoms with E-state index in [9.17, 15) is 29.4 Å². The van der Waals surface area contributed by atoms with Crippen LogP contribution in [0.2, 0.25) is 0 Å². The number of carboxylic acids is 2. The molecule has 0 aliphatic heterocycles. The summed E-state index contributed by atoms with van der Waals surface area (Å²) in [7, 11) is 0. The maximum absolute atomic E-state index is 11.8. The van der Waals surface area contributed by atoms with Crippen LogP contribution in [0.25, 0.3) is 0 Å². The maximum atomic E-state index is 11.8. The van der Waals surface area contributed by atoms with Crippen molar-refractivity contribution in [1.82, 2.24) is 10.6 Å². The fourth-order valence-electron chi connectivity index (χ4n) is 3.33. The molecule has 5 atom stereocenters. The Kier molecular flexibility index (Phi) is 4.07. The molecule has 10 nitrogen and oxygen atoms in total. The molecule has 0 aromatic carbocycles. The summed E-state index contributed by atoms with van der Waals surface area (Å²) in [4.78, 5) is 45.5. The average Bonchev–Trinajstić information content (AvgIpc) is 3.13. The highest BCUT2D eigenvalue weighted by molar-refractivity contribution is 5.92. The Hall–Kier alpha value is -2.20. The molecule has 0 heterocycles. The predicted molar refractivity (Wildman–Crippen MR) is 69.3 cm³/mol. The first-order valence-electron chi connectivity index (χ1n) is 6.66. The van der Waals surface area contributed by atoms with E-state index in [0.29, 0.717) is 0 Å². The zero-order valence-electron chi connectivity index (χ0n) is 11.5. The Morgan fingerprint density at radius 3 is 2.27 bits per heavy atom. The van der Waals surface area contributed by atoms with Crippen LogP contribution in [0, 0.1) is 17.8 Å². The van der Waals surface area contributed by atoms with Crippen LogP contribution in [0.15, 0.2) is 0 Å². The minimum Gasteiger partial charge on any atom is -0.481 e. The summed E-state index contributed by atoms with van der Waals surface area (Å²) in [5.41, 5.74) is 3.22. The van der Waals surface area contributed by atoms with E-state index < -0.39 is 59.7 Å². The molecule has 0 aromatic heterocycles. The second kappa shape index (κ2) is 5.54. The Bertz CT molecular complexity index is 537. The van der Waals surface area contributed by atoms with Gasteiger partial charge in [0.05, 0.1) is 25.1 Å². The van der Waals surface area contributed by atoms with E-state index >= 15 is 0 Å². The molecule has 2 amide bonds. The molecule has 0 radical (unpaired) electrons. The first-order valence-corrected chi connectivity index (χ1v) is 6.66. The van der Waals surface area contributed by atoms with Gasteiger partial charge in [0.1, 0.15) is 5.54 Å². The van der Waals surface area contributed by atoms with Crippen molar-refractivity contribution in [1.29, 1.82) is 0 Å². The van der Waals surface area contributed by atoms with Gasteiger partial charge in [-0.25, -0.2) is 4.79 Å². The molecule has 2 saturated carbocycles. The molecule has 0 bridgehead atoms. The van der Waals surface area contributed by atoms with E-state index in [1.54, 1.807) is 0 Å². The zero-order chi connectivity index (χ0) is 16.7. The monoisotopic (exact) mass is 315 g/mol. The number of aliphatic carboxylic acids is 2. The molecule has 0 aromatic rings. The fraction of sp³-hybridized carbons (Fsp3) is 0.667. The molecule has 2 aliphatic rings. The van der Waals surface area contributed by atoms with Crippen molar-refractivity contribution < 1.29 is 34.5 Å². The quantitative estimate of drug-likeness (QED) is 0.295. The lowest BCUT2D eigenvalue weighted by Gasteiger charge is -2.29. The highest BCUT2D eigenvalue weighted by atomic mass is 16.4. The highest BCUT2D eigenvalue weighted by Crippen LogP contribution is 2.62. The molecular formula is C12H17N3O7. The van der Waals surface area contributed by atoms with E-state index in [0.717, 1.165) is 0 Å². The van der Waals surface area contributed by atoms with Crippen LogP contribution in [0.4, 0.5) is 0 Å². The number of carboxylic acid groups (broad SMARTS) is 2. The van der Waals surface area contributed by atoms with E-state index in [4.69, 9.17) is 10.8 Å². The first kappa shape index (κ1) is 16.2. The Morgan fingerprint density at radius 2 is 1.82 bits per heavy atom. The lowest BCUT2D eigenvalue weighted by molar-refractivity contribution is -0.150. The second-order valence-electron chi connectivity index (χ2n) is 5.54. The van der Waals surface area contributed by atoms with Gasteiger partial charge in [-0.3, -0.25) is 14.4 Å². The molecule has 2 rings (SSSR count). The van der Waals surface area contributed by atoms with Crippen LogP contribution in [0.3, 0.4) is 0 Å². The largest absolute Gasteiger partial charge is 0.481 e. The van der Waals surface area contributed by atoms with Crippen LogP contribution < -0.4 is 16.4 Å². The van der Waals surface area contributed by atoms with Gasteiger partial charge in [0.25, 0.3) is 0 Å². The van der Waals surface area contributed by atoms with Crippen molar-refractivity contribution in [3.05, 3.63) is 0 Å². The number of fused-ring (bicyclic) bond motifs is 1. The van der Waals surface area contributed by atoms with Crippen LogP contribution >= 0.6 is 0 Å². The van der Waals surface area contributed by atoms with E-state index in [2.05, 4.69) is 10.6 Å². The van der Waals surface area contributed by atoms with Gasteiger partial charge in [-0.1, -0.05) is 0 Å². The minimum atomic E-state index is -1.84. The van der Waals surface area contributed by atoms with Gasteiger partial charge >= 0.3 is 11.9 Å². The van der Waals surface area contributed by atoms with Gasteiger partial charge in [-0.05, 0) is 0 Å². The number of aliphatic hydroxyl groups is 1. The normalized spacial score (nSPS) is 35.4. The second-order valence-corrected chi connectivity index (χ2v) is 5.54. The first-order chi connectivity index (χ1) is 10.2. The van der Waals surface area contributed by atoms with Crippen LogP contribution in [-0.4, -0.2) is 63.8 Å². The van der Waals surface area contributed by atoms with Gasteiger partial charge in [0, 0.05) is 18.3 Å². The highest BCUT2D eigenvalue weighted by Gasteiger charge is 2.75. The van der Waals surface area contributed by atoms with Crippen molar-refractivity contribution in [2.75, 3.05) is 13.1 Å². The van der Waals surface area contributed by atoms with Gasteiger partial charge in [-0.2, -0.15) is 0 Å². The Balaban J connectivity index is 2.10. The third kappa shape index (κ3) is 2.50. The Labute approximate surface area is 124 Å². The molecule has 0 spiro atoms. The van der Waals surface area contributed by atoms with Crippen molar-refractivity contribution in [3.8, 4) is 0 Å². The number of hydrogen-bond donors (Lipinski definition) is 6. The number of carbonyl (C=O) groups is 4. The predicted octanol–water partition coefficient (Wildman–Crippen LogP) is -3.29. The van der Waals surface area contributed by atoms with Crippen molar-refractivity contribution >= 4 is 23.8 Å². The number of rotatable bonds is 6. The Morgan fingerprint density at radius 1 is 1.18 bits per heavy atom. The molecule has 0 saturated heterocycles. The maximum Gasteiger partial charge on any atom is 0.329 e. The van der Waals surface area contributed by atoms with Crippen LogP contribution in [-0.2, 0) is 19.2 Å². The molecule has 10 heteroatoms.